The van der Waals surface area contributed by atoms with Crippen molar-refractivity contribution >= 4 is 33.4 Å². The number of aryl methyl sites for hydroxylation is 1. The molecule has 3 aromatic carbocycles. The highest BCUT2D eigenvalue weighted by atomic mass is 32.2. The summed E-state index contributed by atoms with van der Waals surface area (Å²) in [5.74, 6) is 1.13. The molecule has 0 radical (unpaired) electrons. The molecule has 184 valence electrons. The van der Waals surface area contributed by atoms with Crippen LogP contribution in [0.25, 0.3) is 11.4 Å². The molecule has 1 aliphatic heterocycles. The molecule has 0 saturated heterocycles. The molecule has 1 amide bonds. The summed E-state index contributed by atoms with van der Waals surface area (Å²) in [6.45, 7) is 2.72. The summed E-state index contributed by atoms with van der Waals surface area (Å²) < 4.78 is 27.7. The summed E-state index contributed by atoms with van der Waals surface area (Å²) in [5, 5.41) is 10.7. The standard InChI is InChI=1S/C26H25N5O3S2/c1-18-7-10-22(11-8-18)36(33,34)31-15-13-20-17-21(9-12-23(20)31)25(32)27-14-16-35-26-28-24(29-30-26)19-5-3-2-4-6-19/h2-12,17H,13-16H2,1H3,(H,27,32)(H,28,29,30). The average molecular weight is 520 g/mol. The molecule has 36 heavy (non-hydrogen) atoms. The molecule has 1 aliphatic rings. The fourth-order valence-corrected chi connectivity index (χ4v) is 6.20. The van der Waals surface area contributed by atoms with Crippen LogP contribution < -0.4 is 9.62 Å². The van der Waals surface area contributed by atoms with E-state index in [9.17, 15) is 13.2 Å². The zero-order valence-electron chi connectivity index (χ0n) is 19.6. The van der Waals surface area contributed by atoms with Crippen LogP contribution >= 0.6 is 11.8 Å². The van der Waals surface area contributed by atoms with Crippen LogP contribution in [0.1, 0.15) is 21.5 Å². The number of hydrogen-bond donors (Lipinski definition) is 2. The first-order valence-electron chi connectivity index (χ1n) is 11.5. The van der Waals surface area contributed by atoms with Gasteiger partial charge in [0.1, 0.15) is 0 Å². The quantitative estimate of drug-likeness (QED) is 0.269. The molecule has 0 fully saturated rings. The lowest BCUT2D eigenvalue weighted by molar-refractivity contribution is 0.0956. The van der Waals surface area contributed by atoms with Gasteiger partial charge >= 0.3 is 0 Å². The van der Waals surface area contributed by atoms with Gasteiger partial charge < -0.3 is 5.32 Å². The van der Waals surface area contributed by atoms with Crippen molar-refractivity contribution in [3.8, 4) is 11.4 Å². The van der Waals surface area contributed by atoms with Crippen LogP contribution in [0.4, 0.5) is 5.69 Å². The number of aromatic nitrogens is 3. The lowest BCUT2D eigenvalue weighted by atomic mass is 10.1. The Kier molecular flexibility index (Phi) is 6.80. The van der Waals surface area contributed by atoms with Crippen LogP contribution in [0, 0.1) is 6.92 Å². The van der Waals surface area contributed by atoms with Crippen molar-refractivity contribution in [1.82, 2.24) is 20.5 Å². The van der Waals surface area contributed by atoms with E-state index in [2.05, 4.69) is 20.5 Å². The summed E-state index contributed by atoms with van der Waals surface area (Å²) in [6, 6.07) is 21.8. The topological polar surface area (TPSA) is 108 Å². The van der Waals surface area contributed by atoms with E-state index in [1.165, 1.54) is 16.1 Å². The van der Waals surface area contributed by atoms with Gasteiger partial charge in [0.25, 0.3) is 15.9 Å². The van der Waals surface area contributed by atoms with Crippen LogP contribution in [0.15, 0.2) is 82.8 Å². The highest BCUT2D eigenvalue weighted by Crippen LogP contribution is 2.33. The smallest absolute Gasteiger partial charge is 0.264 e. The maximum Gasteiger partial charge on any atom is 0.264 e. The normalized spacial score (nSPS) is 13.0. The van der Waals surface area contributed by atoms with E-state index in [0.29, 0.717) is 47.5 Å². The Labute approximate surface area is 214 Å². The lowest BCUT2D eigenvalue weighted by Crippen LogP contribution is -2.29. The van der Waals surface area contributed by atoms with Crippen LogP contribution in [0.5, 0.6) is 0 Å². The van der Waals surface area contributed by atoms with Gasteiger partial charge in [-0.05, 0) is 49.2 Å². The molecule has 0 bridgehead atoms. The predicted octanol–water partition coefficient (Wildman–Crippen LogP) is 4.05. The summed E-state index contributed by atoms with van der Waals surface area (Å²) in [7, 11) is -3.65. The van der Waals surface area contributed by atoms with Crippen LogP contribution in [0.3, 0.4) is 0 Å². The number of sulfonamides is 1. The third-order valence-corrected chi connectivity index (χ3v) is 8.61. The first-order valence-corrected chi connectivity index (χ1v) is 14.0. The zero-order valence-corrected chi connectivity index (χ0v) is 21.3. The monoisotopic (exact) mass is 519 g/mol. The van der Waals surface area contributed by atoms with Crippen molar-refractivity contribution in [3.05, 3.63) is 89.5 Å². The Morgan fingerprint density at radius 1 is 1.08 bits per heavy atom. The Morgan fingerprint density at radius 2 is 1.86 bits per heavy atom. The molecule has 0 spiro atoms. The number of hydrogen-bond acceptors (Lipinski definition) is 6. The molecule has 2 heterocycles. The molecule has 0 atom stereocenters. The first kappa shape index (κ1) is 24.1. The van der Waals surface area contributed by atoms with Crippen molar-refractivity contribution in [2.24, 2.45) is 0 Å². The molecule has 4 aromatic rings. The highest BCUT2D eigenvalue weighted by Gasteiger charge is 2.31. The van der Waals surface area contributed by atoms with Crippen molar-refractivity contribution in [2.45, 2.75) is 23.4 Å². The number of benzene rings is 3. The number of rotatable bonds is 8. The van der Waals surface area contributed by atoms with Crippen molar-refractivity contribution in [1.29, 1.82) is 0 Å². The molecular weight excluding hydrogens is 494 g/mol. The van der Waals surface area contributed by atoms with Gasteiger partial charge in [-0.1, -0.05) is 59.8 Å². The van der Waals surface area contributed by atoms with E-state index in [1.807, 2.05) is 37.3 Å². The molecule has 2 N–H and O–H groups in total. The molecule has 5 rings (SSSR count). The van der Waals surface area contributed by atoms with E-state index in [4.69, 9.17) is 0 Å². The molecule has 0 saturated carbocycles. The number of anilines is 1. The fraction of sp³-hybridized carbons (Fsp3) is 0.192. The highest BCUT2D eigenvalue weighted by molar-refractivity contribution is 7.99. The number of thioether (sulfide) groups is 1. The number of nitrogens with one attached hydrogen (secondary N) is 2. The second-order valence-electron chi connectivity index (χ2n) is 8.42. The van der Waals surface area contributed by atoms with Gasteiger partial charge in [-0.3, -0.25) is 14.2 Å². The number of carbonyl (C=O) groups is 1. The van der Waals surface area contributed by atoms with Crippen LogP contribution in [-0.4, -0.2) is 48.3 Å². The number of amides is 1. The molecule has 10 heteroatoms. The summed E-state index contributed by atoms with van der Waals surface area (Å²) in [6.07, 6.45) is 0.561. The molecule has 0 unspecified atom stereocenters. The third kappa shape index (κ3) is 5.00. The van der Waals surface area contributed by atoms with Crippen molar-refractivity contribution in [3.63, 3.8) is 0 Å². The number of H-pyrrole nitrogens is 1. The lowest BCUT2D eigenvalue weighted by Gasteiger charge is -2.20. The van der Waals surface area contributed by atoms with Crippen LogP contribution in [-0.2, 0) is 16.4 Å². The number of nitrogens with zero attached hydrogens (tertiary/aromatic N) is 3. The fourth-order valence-electron chi connectivity index (χ4n) is 4.04. The first-order chi connectivity index (χ1) is 17.4. The van der Waals surface area contributed by atoms with E-state index >= 15 is 0 Å². The minimum atomic E-state index is -3.65. The van der Waals surface area contributed by atoms with E-state index in [-0.39, 0.29) is 10.8 Å². The van der Waals surface area contributed by atoms with E-state index in [0.717, 1.165) is 16.7 Å². The maximum atomic E-state index is 13.1. The van der Waals surface area contributed by atoms with Gasteiger partial charge in [0.2, 0.25) is 5.16 Å². The average Bonchev–Trinajstić information content (AvgIpc) is 3.54. The van der Waals surface area contributed by atoms with Crippen molar-refractivity contribution in [2.75, 3.05) is 23.1 Å². The maximum absolute atomic E-state index is 13.1. The zero-order chi connectivity index (χ0) is 25.1. The predicted molar refractivity (Wildman–Crippen MR) is 141 cm³/mol. The number of fused-ring (bicyclic) bond motifs is 1. The molecule has 1 aromatic heterocycles. The van der Waals surface area contributed by atoms with Gasteiger partial charge in [0.05, 0.1) is 10.6 Å². The Balaban J connectivity index is 1.17. The van der Waals surface area contributed by atoms with E-state index in [1.54, 1.807) is 42.5 Å². The van der Waals surface area contributed by atoms with Gasteiger partial charge in [-0.25, -0.2) is 13.4 Å². The van der Waals surface area contributed by atoms with Crippen molar-refractivity contribution < 1.29 is 13.2 Å². The van der Waals surface area contributed by atoms with Gasteiger partial charge in [-0.2, -0.15) is 0 Å². The van der Waals surface area contributed by atoms with E-state index < -0.39 is 10.0 Å². The van der Waals surface area contributed by atoms with Gasteiger partial charge in [0.15, 0.2) is 5.82 Å². The minimum Gasteiger partial charge on any atom is -0.351 e. The molecule has 8 nitrogen and oxygen atoms in total. The van der Waals surface area contributed by atoms with Crippen LogP contribution in [0.2, 0.25) is 0 Å². The number of aromatic amines is 1. The Bertz CT molecular complexity index is 1490. The molecule has 0 aliphatic carbocycles. The number of carbonyl (C=O) groups excluding carboxylic acids is 1. The SMILES string of the molecule is Cc1ccc(S(=O)(=O)N2CCc3cc(C(=O)NCCSc4n[nH]c(-c5ccccc5)n4)ccc32)cc1. The second-order valence-corrected chi connectivity index (χ2v) is 11.3. The summed E-state index contributed by atoms with van der Waals surface area (Å²) in [5.41, 5.74) is 3.95. The van der Waals surface area contributed by atoms with Gasteiger partial charge in [-0.15, -0.1) is 5.10 Å². The largest absolute Gasteiger partial charge is 0.351 e. The summed E-state index contributed by atoms with van der Waals surface area (Å²) >= 11 is 1.45. The molecular formula is C26H25N5O3S2. The van der Waals surface area contributed by atoms with Gasteiger partial charge in [0, 0.05) is 30.0 Å². The summed E-state index contributed by atoms with van der Waals surface area (Å²) in [4.78, 5) is 17.4. The Hall–Kier alpha value is -3.63. The minimum absolute atomic E-state index is 0.196. The Morgan fingerprint density at radius 3 is 2.64 bits per heavy atom. The third-order valence-electron chi connectivity index (χ3n) is 5.93. The second kappa shape index (κ2) is 10.2.